The standard InChI is InChI=1S/C12H19NO/c13-9-8-12(6-7-12)10-14-11-4-2-1-3-5-11/h11H,1-8,10H2. The molecule has 2 nitrogen and oxygen atoms in total. The van der Waals surface area contributed by atoms with Gasteiger partial charge in [0.05, 0.1) is 18.8 Å². The maximum atomic E-state index is 8.67. The van der Waals surface area contributed by atoms with Gasteiger partial charge in [-0.25, -0.2) is 0 Å². The molecule has 2 aliphatic rings. The monoisotopic (exact) mass is 193 g/mol. The SMILES string of the molecule is N#CCC1(COC2CCCCC2)CC1. The second-order valence-electron chi connectivity index (χ2n) is 4.91. The lowest BCUT2D eigenvalue weighted by Gasteiger charge is -2.24. The molecule has 0 aromatic carbocycles. The largest absolute Gasteiger partial charge is 0.378 e. The number of nitriles is 1. The molecule has 0 N–H and O–H groups in total. The zero-order valence-electron chi connectivity index (χ0n) is 8.80. The van der Waals surface area contributed by atoms with E-state index >= 15 is 0 Å². The maximum absolute atomic E-state index is 8.67. The van der Waals surface area contributed by atoms with Crippen LogP contribution in [-0.2, 0) is 4.74 Å². The Morgan fingerprint density at radius 1 is 1.21 bits per heavy atom. The summed E-state index contributed by atoms with van der Waals surface area (Å²) in [6.45, 7) is 0.839. The first-order valence-corrected chi connectivity index (χ1v) is 5.83. The number of rotatable bonds is 4. The third-order valence-corrected chi connectivity index (χ3v) is 3.59. The van der Waals surface area contributed by atoms with Crippen LogP contribution in [0.4, 0.5) is 0 Å². The van der Waals surface area contributed by atoms with Gasteiger partial charge in [-0.2, -0.15) is 5.26 Å². The predicted molar refractivity (Wildman–Crippen MR) is 54.7 cm³/mol. The summed E-state index contributed by atoms with van der Waals surface area (Å²) < 4.78 is 5.91. The first kappa shape index (κ1) is 9.98. The van der Waals surface area contributed by atoms with E-state index in [-0.39, 0.29) is 5.41 Å². The van der Waals surface area contributed by atoms with E-state index in [4.69, 9.17) is 10.00 Å². The highest BCUT2D eigenvalue weighted by molar-refractivity contribution is 4.99. The molecule has 2 saturated carbocycles. The molecule has 2 fully saturated rings. The Bertz CT molecular complexity index is 221. The van der Waals surface area contributed by atoms with Gasteiger partial charge in [-0.1, -0.05) is 19.3 Å². The minimum Gasteiger partial charge on any atom is -0.378 e. The summed E-state index contributed by atoms with van der Waals surface area (Å²) >= 11 is 0. The van der Waals surface area contributed by atoms with Crippen LogP contribution < -0.4 is 0 Å². The van der Waals surface area contributed by atoms with Crippen molar-refractivity contribution in [3.8, 4) is 6.07 Å². The summed E-state index contributed by atoms with van der Waals surface area (Å²) in [6, 6.07) is 2.28. The molecular formula is C12H19NO. The van der Waals surface area contributed by atoms with Crippen LogP contribution in [0, 0.1) is 16.7 Å². The Kier molecular flexibility index (Phi) is 3.08. The Hall–Kier alpha value is -0.550. The highest BCUT2D eigenvalue weighted by Crippen LogP contribution is 2.49. The van der Waals surface area contributed by atoms with E-state index in [9.17, 15) is 0 Å². The number of nitrogens with zero attached hydrogens (tertiary/aromatic N) is 1. The van der Waals surface area contributed by atoms with Crippen molar-refractivity contribution in [1.29, 1.82) is 5.26 Å². The van der Waals surface area contributed by atoms with E-state index in [2.05, 4.69) is 6.07 Å². The van der Waals surface area contributed by atoms with Crippen LogP contribution in [-0.4, -0.2) is 12.7 Å². The lowest BCUT2D eigenvalue weighted by atomic mass is 9.97. The van der Waals surface area contributed by atoms with Gasteiger partial charge in [-0.3, -0.25) is 0 Å². The van der Waals surface area contributed by atoms with Gasteiger partial charge in [-0.15, -0.1) is 0 Å². The Balaban J connectivity index is 1.69. The first-order valence-electron chi connectivity index (χ1n) is 5.83. The molecule has 0 atom stereocenters. The highest BCUT2D eigenvalue weighted by atomic mass is 16.5. The zero-order chi connectivity index (χ0) is 9.86. The van der Waals surface area contributed by atoms with Crippen molar-refractivity contribution >= 4 is 0 Å². The molecule has 0 saturated heterocycles. The molecule has 78 valence electrons. The molecule has 0 radical (unpaired) electrons. The average molecular weight is 193 g/mol. The normalized spacial score (nSPS) is 25.6. The van der Waals surface area contributed by atoms with E-state index in [0.29, 0.717) is 12.5 Å². The predicted octanol–water partition coefficient (Wildman–Crippen LogP) is 3.03. The van der Waals surface area contributed by atoms with Crippen molar-refractivity contribution < 1.29 is 4.74 Å². The van der Waals surface area contributed by atoms with Crippen LogP contribution in [0.2, 0.25) is 0 Å². The van der Waals surface area contributed by atoms with Crippen molar-refractivity contribution in [3.05, 3.63) is 0 Å². The van der Waals surface area contributed by atoms with Gasteiger partial charge in [0.25, 0.3) is 0 Å². The van der Waals surface area contributed by atoms with Crippen LogP contribution in [0.1, 0.15) is 51.4 Å². The lowest BCUT2D eigenvalue weighted by Crippen LogP contribution is -2.21. The fraction of sp³-hybridized carbons (Fsp3) is 0.917. The zero-order valence-corrected chi connectivity index (χ0v) is 8.80. The minimum absolute atomic E-state index is 0.270. The van der Waals surface area contributed by atoms with Gasteiger partial charge in [-0.05, 0) is 25.7 Å². The minimum atomic E-state index is 0.270. The molecule has 0 amide bonds. The summed E-state index contributed by atoms with van der Waals surface area (Å²) in [6.07, 6.45) is 10.1. The van der Waals surface area contributed by atoms with Gasteiger partial charge in [0, 0.05) is 11.8 Å². The number of hydrogen-bond acceptors (Lipinski definition) is 2. The molecule has 0 aromatic heterocycles. The summed E-state index contributed by atoms with van der Waals surface area (Å²) in [7, 11) is 0. The fourth-order valence-electron chi connectivity index (χ4n) is 2.24. The molecular weight excluding hydrogens is 174 g/mol. The van der Waals surface area contributed by atoms with Crippen molar-refractivity contribution in [2.24, 2.45) is 5.41 Å². The van der Waals surface area contributed by atoms with E-state index < -0.39 is 0 Å². The van der Waals surface area contributed by atoms with Crippen LogP contribution in [0.25, 0.3) is 0 Å². The quantitative estimate of drug-likeness (QED) is 0.687. The van der Waals surface area contributed by atoms with Gasteiger partial charge >= 0.3 is 0 Å². The molecule has 2 rings (SSSR count). The number of hydrogen-bond donors (Lipinski definition) is 0. The van der Waals surface area contributed by atoms with Crippen molar-refractivity contribution in [1.82, 2.24) is 0 Å². The van der Waals surface area contributed by atoms with Gasteiger partial charge in [0.2, 0.25) is 0 Å². The summed E-state index contributed by atoms with van der Waals surface area (Å²) in [5.74, 6) is 0. The third kappa shape index (κ3) is 2.48. The van der Waals surface area contributed by atoms with Crippen LogP contribution in [0.15, 0.2) is 0 Å². The van der Waals surface area contributed by atoms with Crippen LogP contribution in [0.3, 0.4) is 0 Å². The van der Waals surface area contributed by atoms with Crippen LogP contribution in [0.5, 0.6) is 0 Å². The van der Waals surface area contributed by atoms with Gasteiger partial charge < -0.3 is 4.74 Å². The summed E-state index contributed by atoms with van der Waals surface area (Å²) in [5.41, 5.74) is 0.270. The molecule has 0 bridgehead atoms. The fourth-order valence-corrected chi connectivity index (χ4v) is 2.24. The summed E-state index contributed by atoms with van der Waals surface area (Å²) in [5, 5.41) is 8.67. The molecule has 0 spiro atoms. The van der Waals surface area contributed by atoms with E-state index in [1.54, 1.807) is 0 Å². The van der Waals surface area contributed by atoms with Crippen molar-refractivity contribution in [2.45, 2.75) is 57.5 Å². The van der Waals surface area contributed by atoms with E-state index in [1.165, 1.54) is 44.9 Å². The Morgan fingerprint density at radius 2 is 1.93 bits per heavy atom. The average Bonchev–Trinajstić information content (AvgIpc) is 2.98. The van der Waals surface area contributed by atoms with Crippen LogP contribution >= 0.6 is 0 Å². The van der Waals surface area contributed by atoms with Crippen molar-refractivity contribution in [3.63, 3.8) is 0 Å². The second-order valence-corrected chi connectivity index (χ2v) is 4.91. The first-order chi connectivity index (χ1) is 6.85. The topological polar surface area (TPSA) is 33.0 Å². The molecule has 2 heteroatoms. The smallest absolute Gasteiger partial charge is 0.0628 e. The summed E-state index contributed by atoms with van der Waals surface area (Å²) in [4.78, 5) is 0. The highest BCUT2D eigenvalue weighted by Gasteiger charge is 2.43. The van der Waals surface area contributed by atoms with Gasteiger partial charge in [0.1, 0.15) is 0 Å². The van der Waals surface area contributed by atoms with E-state index in [0.717, 1.165) is 6.61 Å². The Labute approximate surface area is 86.2 Å². The molecule has 0 unspecified atom stereocenters. The Morgan fingerprint density at radius 3 is 2.50 bits per heavy atom. The van der Waals surface area contributed by atoms with E-state index in [1.807, 2.05) is 0 Å². The molecule has 14 heavy (non-hydrogen) atoms. The van der Waals surface area contributed by atoms with Crippen molar-refractivity contribution in [2.75, 3.05) is 6.61 Å². The third-order valence-electron chi connectivity index (χ3n) is 3.59. The molecule has 0 aliphatic heterocycles. The molecule has 0 heterocycles. The molecule has 2 aliphatic carbocycles. The van der Waals surface area contributed by atoms with Gasteiger partial charge in [0.15, 0.2) is 0 Å². The number of ether oxygens (including phenoxy) is 1. The molecule has 0 aromatic rings. The lowest BCUT2D eigenvalue weighted by molar-refractivity contribution is 0.00265. The maximum Gasteiger partial charge on any atom is 0.0628 e. The second kappa shape index (κ2) is 4.31.